The Morgan fingerprint density at radius 1 is 1.56 bits per heavy atom. The van der Waals surface area contributed by atoms with Gasteiger partial charge in [-0.25, -0.2) is 0 Å². The highest BCUT2D eigenvalue weighted by Gasteiger charge is 2.24. The molecule has 1 heteroatoms. The van der Waals surface area contributed by atoms with Crippen LogP contribution in [0, 0.1) is 5.92 Å². The molecule has 0 bridgehead atoms. The number of hydrogen-bond acceptors (Lipinski definition) is 1. The van der Waals surface area contributed by atoms with Crippen LogP contribution in [0.5, 0.6) is 0 Å². The van der Waals surface area contributed by atoms with E-state index in [1.807, 2.05) is 0 Å². The summed E-state index contributed by atoms with van der Waals surface area (Å²) in [5.41, 5.74) is 0. The summed E-state index contributed by atoms with van der Waals surface area (Å²) in [7, 11) is 0. The lowest BCUT2D eigenvalue weighted by Crippen LogP contribution is -2.26. The quantitative estimate of drug-likeness (QED) is 0.616. The molecular weight excluding hydrogens is 112 g/mol. The van der Waals surface area contributed by atoms with Crippen molar-refractivity contribution >= 4 is 0 Å². The lowest BCUT2D eigenvalue weighted by atomic mass is 9.80. The van der Waals surface area contributed by atoms with Crippen molar-refractivity contribution in [2.45, 2.75) is 45.1 Å². The standard InChI is InChI=1S/C8H16O/c1-2-4-8(9)7-5-3-6-7/h7-9H,2-6H2,1H3/t8-/m0/s1. The number of hydrogen-bond donors (Lipinski definition) is 1. The molecule has 0 amide bonds. The number of rotatable bonds is 3. The van der Waals surface area contributed by atoms with Crippen LogP contribution >= 0.6 is 0 Å². The summed E-state index contributed by atoms with van der Waals surface area (Å²) >= 11 is 0. The van der Waals surface area contributed by atoms with Crippen molar-refractivity contribution < 1.29 is 5.11 Å². The highest BCUT2D eigenvalue weighted by atomic mass is 16.3. The van der Waals surface area contributed by atoms with Gasteiger partial charge in [-0.05, 0) is 25.2 Å². The second-order valence-corrected chi connectivity index (χ2v) is 3.05. The molecule has 1 fully saturated rings. The average Bonchev–Trinajstić information content (AvgIpc) is 1.60. The lowest BCUT2D eigenvalue weighted by molar-refractivity contribution is 0.0552. The summed E-state index contributed by atoms with van der Waals surface area (Å²) in [5.74, 6) is 0.657. The third-order valence-corrected chi connectivity index (χ3v) is 2.28. The highest BCUT2D eigenvalue weighted by molar-refractivity contribution is 4.76. The molecule has 0 aromatic heterocycles. The summed E-state index contributed by atoms with van der Waals surface area (Å²) in [6.07, 6.45) is 6.01. The van der Waals surface area contributed by atoms with E-state index in [2.05, 4.69) is 6.92 Å². The van der Waals surface area contributed by atoms with Crippen LogP contribution < -0.4 is 0 Å². The Morgan fingerprint density at radius 2 is 2.22 bits per heavy atom. The third-order valence-electron chi connectivity index (χ3n) is 2.28. The first-order chi connectivity index (χ1) is 4.34. The van der Waals surface area contributed by atoms with Crippen molar-refractivity contribution in [1.29, 1.82) is 0 Å². The molecule has 0 aromatic rings. The van der Waals surface area contributed by atoms with E-state index in [1.165, 1.54) is 19.3 Å². The molecule has 1 saturated carbocycles. The van der Waals surface area contributed by atoms with E-state index in [0.717, 1.165) is 12.8 Å². The fraction of sp³-hybridized carbons (Fsp3) is 1.00. The summed E-state index contributed by atoms with van der Waals surface area (Å²) in [6.45, 7) is 2.13. The molecule has 9 heavy (non-hydrogen) atoms. The monoisotopic (exact) mass is 128 g/mol. The minimum absolute atomic E-state index is 0.0174. The van der Waals surface area contributed by atoms with Gasteiger partial charge < -0.3 is 5.11 Å². The van der Waals surface area contributed by atoms with Crippen LogP contribution in [0.3, 0.4) is 0 Å². The maximum atomic E-state index is 9.37. The average molecular weight is 128 g/mol. The third kappa shape index (κ3) is 1.68. The van der Waals surface area contributed by atoms with Gasteiger partial charge in [0.1, 0.15) is 0 Å². The largest absolute Gasteiger partial charge is 0.393 e. The van der Waals surface area contributed by atoms with Crippen LogP contribution in [-0.2, 0) is 0 Å². The molecule has 0 radical (unpaired) electrons. The van der Waals surface area contributed by atoms with Crippen molar-refractivity contribution in [1.82, 2.24) is 0 Å². The van der Waals surface area contributed by atoms with Gasteiger partial charge >= 0.3 is 0 Å². The zero-order valence-corrected chi connectivity index (χ0v) is 6.14. The van der Waals surface area contributed by atoms with E-state index in [-0.39, 0.29) is 6.10 Å². The molecule has 0 saturated heterocycles. The van der Waals surface area contributed by atoms with E-state index < -0.39 is 0 Å². The summed E-state index contributed by atoms with van der Waals surface area (Å²) < 4.78 is 0. The molecule has 1 N–H and O–H groups in total. The van der Waals surface area contributed by atoms with E-state index in [1.54, 1.807) is 0 Å². The zero-order valence-electron chi connectivity index (χ0n) is 6.14. The molecule has 54 valence electrons. The van der Waals surface area contributed by atoms with Crippen LogP contribution in [0.1, 0.15) is 39.0 Å². The normalized spacial score (nSPS) is 23.3. The molecule has 0 aliphatic heterocycles. The fourth-order valence-electron chi connectivity index (χ4n) is 1.36. The van der Waals surface area contributed by atoms with Crippen molar-refractivity contribution in [3.8, 4) is 0 Å². The first-order valence-electron chi connectivity index (χ1n) is 4.02. The van der Waals surface area contributed by atoms with E-state index in [0.29, 0.717) is 5.92 Å². The van der Waals surface area contributed by atoms with E-state index in [9.17, 15) is 5.11 Å². The highest BCUT2D eigenvalue weighted by Crippen LogP contribution is 2.31. The maximum Gasteiger partial charge on any atom is 0.0568 e. The molecule has 0 spiro atoms. The van der Waals surface area contributed by atoms with Crippen LogP contribution in [0.2, 0.25) is 0 Å². The molecule has 1 atom stereocenters. The molecular formula is C8H16O. The molecule has 1 nitrogen and oxygen atoms in total. The van der Waals surface area contributed by atoms with Gasteiger partial charge in [-0.2, -0.15) is 0 Å². The zero-order chi connectivity index (χ0) is 6.69. The maximum absolute atomic E-state index is 9.37. The summed E-state index contributed by atoms with van der Waals surface area (Å²) in [4.78, 5) is 0. The van der Waals surface area contributed by atoms with E-state index in [4.69, 9.17) is 0 Å². The molecule has 1 aliphatic carbocycles. The Hall–Kier alpha value is -0.0400. The topological polar surface area (TPSA) is 20.2 Å². The summed E-state index contributed by atoms with van der Waals surface area (Å²) in [6, 6.07) is 0. The first kappa shape index (κ1) is 7.07. The SMILES string of the molecule is CCC[C@H](O)C1CCC1. The van der Waals surface area contributed by atoms with Gasteiger partial charge in [0.2, 0.25) is 0 Å². The predicted molar refractivity (Wildman–Crippen MR) is 38.3 cm³/mol. The molecule has 1 rings (SSSR count). The number of aliphatic hydroxyl groups excluding tert-OH is 1. The second kappa shape index (κ2) is 3.21. The fourth-order valence-corrected chi connectivity index (χ4v) is 1.36. The van der Waals surface area contributed by atoms with Gasteiger partial charge in [0, 0.05) is 0 Å². The molecule has 0 aromatic carbocycles. The van der Waals surface area contributed by atoms with Gasteiger partial charge in [0.15, 0.2) is 0 Å². The van der Waals surface area contributed by atoms with Crippen molar-refractivity contribution in [2.75, 3.05) is 0 Å². The Balaban J connectivity index is 2.08. The second-order valence-electron chi connectivity index (χ2n) is 3.05. The van der Waals surface area contributed by atoms with Crippen molar-refractivity contribution in [3.63, 3.8) is 0 Å². The molecule has 1 aliphatic rings. The Kier molecular flexibility index (Phi) is 2.52. The van der Waals surface area contributed by atoms with Crippen LogP contribution in [0.25, 0.3) is 0 Å². The van der Waals surface area contributed by atoms with Gasteiger partial charge in [0.25, 0.3) is 0 Å². The molecule has 0 heterocycles. The van der Waals surface area contributed by atoms with Gasteiger partial charge in [-0.3, -0.25) is 0 Å². The first-order valence-corrected chi connectivity index (χ1v) is 4.02. The van der Waals surface area contributed by atoms with E-state index >= 15 is 0 Å². The van der Waals surface area contributed by atoms with Gasteiger partial charge in [0.05, 0.1) is 6.10 Å². The predicted octanol–water partition coefficient (Wildman–Crippen LogP) is 1.95. The van der Waals surface area contributed by atoms with Crippen molar-refractivity contribution in [3.05, 3.63) is 0 Å². The minimum atomic E-state index is 0.0174. The Bertz CT molecular complexity index is 76.6. The Morgan fingerprint density at radius 3 is 2.56 bits per heavy atom. The Labute approximate surface area is 57.1 Å². The van der Waals surface area contributed by atoms with Crippen LogP contribution in [0.4, 0.5) is 0 Å². The van der Waals surface area contributed by atoms with Crippen LogP contribution in [-0.4, -0.2) is 11.2 Å². The minimum Gasteiger partial charge on any atom is -0.393 e. The summed E-state index contributed by atoms with van der Waals surface area (Å²) in [5, 5.41) is 9.37. The van der Waals surface area contributed by atoms with Crippen LogP contribution in [0.15, 0.2) is 0 Å². The van der Waals surface area contributed by atoms with Gasteiger partial charge in [-0.15, -0.1) is 0 Å². The number of aliphatic hydroxyl groups is 1. The smallest absolute Gasteiger partial charge is 0.0568 e. The van der Waals surface area contributed by atoms with Crippen molar-refractivity contribution in [2.24, 2.45) is 5.92 Å². The molecule has 0 unspecified atom stereocenters. The van der Waals surface area contributed by atoms with Gasteiger partial charge in [-0.1, -0.05) is 19.8 Å². The lowest BCUT2D eigenvalue weighted by Gasteiger charge is -2.29.